The maximum atomic E-state index is 7.80. The van der Waals surface area contributed by atoms with Crippen molar-refractivity contribution in [1.82, 2.24) is 0 Å². The van der Waals surface area contributed by atoms with Gasteiger partial charge in [-0.1, -0.05) is 12.1 Å². The van der Waals surface area contributed by atoms with Crippen LogP contribution < -0.4 is 20.1 Å². The van der Waals surface area contributed by atoms with Crippen molar-refractivity contribution in [2.75, 3.05) is 19.1 Å². The zero-order chi connectivity index (χ0) is 14.5. The van der Waals surface area contributed by atoms with Crippen LogP contribution in [-0.2, 0) is 0 Å². The standard InChI is InChI=1S/C15H17N3O2/c1-19-13-7-3-5-11(9-13)18(15(16)17)12-6-4-8-14(10-12)20-2/h3-10H,1-2H3,(H3,16,17). The highest BCUT2D eigenvalue weighted by Gasteiger charge is 2.13. The number of rotatable bonds is 4. The van der Waals surface area contributed by atoms with Crippen LogP contribution in [0.15, 0.2) is 48.5 Å². The van der Waals surface area contributed by atoms with Crippen LogP contribution in [0.4, 0.5) is 11.4 Å². The van der Waals surface area contributed by atoms with Gasteiger partial charge in [-0.05, 0) is 24.3 Å². The molecule has 0 aliphatic rings. The van der Waals surface area contributed by atoms with Crippen LogP contribution in [0.3, 0.4) is 0 Å². The van der Waals surface area contributed by atoms with Gasteiger partial charge in [-0.15, -0.1) is 0 Å². The maximum absolute atomic E-state index is 7.80. The second-order valence-electron chi connectivity index (χ2n) is 4.12. The van der Waals surface area contributed by atoms with Crippen molar-refractivity contribution >= 4 is 17.3 Å². The van der Waals surface area contributed by atoms with E-state index in [-0.39, 0.29) is 5.96 Å². The van der Waals surface area contributed by atoms with E-state index in [4.69, 9.17) is 20.6 Å². The van der Waals surface area contributed by atoms with E-state index >= 15 is 0 Å². The minimum atomic E-state index is -0.0773. The number of anilines is 2. The van der Waals surface area contributed by atoms with Crippen molar-refractivity contribution in [3.63, 3.8) is 0 Å². The van der Waals surface area contributed by atoms with Crippen LogP contribution in [0.25, 0.3) is 0 Å². The Kier molecular flexibility index (Phi) is 4.10. The second kappa shape index (κ2) is 5.97. The summed E-state index contributed by atoms with van der Waals surface area (Å²) in [5.74, 6) is 1.33. The predicted molar refractivity (Wildman–Crippen MR) is 80.0 cm³/mol. The lowest BCUT2D eigenvalue weighted by Crippen LogP contribution is -2.32. The SMILES string of the molecule is COc1cccc(N(C(=N)N)c2cccc(OC)c2)c1. The number of methoxy groups -OCH3 is 2. The number of hydrogen-bond acceptors (Lipinski definition) is 3. The summed E-state index contributed by atoms with van der Waals surface area (Å²) in [5, 5.41) is 7.80. The molecule has 0 saturated carbocycles. The largest absolute Gasteiger partial charge is 0.497 e. The van der Waals surface area contributed by atoms with Gasteiger partial charge in [0.25, 0.3) is 0 Å². The summed E-state index contributed by atoms with van der Waals surface area (Å²) in [5.41, 5.74) is 7.22. The number of benzene rings is 2. The van der Waals surface area contributed by atoms with Crippen molar-refractivity contribution in [1.29, 1.82) is 5.41 Å². The van der Waals surface area contributed by atoms with Crippen LogP contribution in [-0.4, -0.2) is 20.2 Å². The van der Waals surface area contributed by atoms with Crippen molar-refractivity contribution in [3.05, 3.63) is 48.5 Å². The van der Waals surface area contributed by atoms with Crippen molar-refractivity contribution in [3.8, 4) is 11.5 Å². The molecule has 2 rings (SSSR count). The molecular weight excluding hydrogens is 254 g/mol. The molecule has 5 nitrogen and oxygen atoms in total. The first kappa shape index (κ1) is 13.7. The van der Waals surface area contributed by atoms with Gasteiger partial charge < -0.3 is 15.2 Å². The molecule has 2 aromatic carbocycles. The van der Waals surface area contributed by atoms with E-state index in [1.165, 1.54) is 0 Å². The summed E-state index contributed by atoms with van der Waals surface area (Å²) in [4.78, 5) is 1.62. The zero-order valence-electron chi connectivity index (χ0n) is 11.5. The Morgan fingerprint density at radius 2 is 1.40 bits per heavy atom. The first-order valence-electron chi connectivity index (χ1n) is 6.08. The monoisotopic (exact) mass is 271 g/mol. The Morgan fingerprint density at radius 3 is 1.75 bits per heavy atom. The molecule has 0 bridgehead atoms. The summed E-state index contributed by atoms with van der Waals surface area (Å²) < 4.78 is 10.4. The molecule has 0 amide bonds. The van der Waals surface area contributed by atoms with Gasteiger partial charge in [0.1, 0.15) is 11.5 Å². The van der Waals surface area contributed by atoms with Gasteiger partial charge in [0.15, 0.2) is 5.96 Å². The van der Waals surface area contributed by atoms with Gasteiger partial charge in [0.05, 0.1) is 25.6 Å². The molecule has 0 radical (unpaired) electrons. The van der Waals surface area contributed by atoms with E-state index in [9.17, 15) is 0 Å². The Labute approximate surface area is 118 Å². The minimum Gasteiger partial charge on any atom is -0.497 e. The zero-order valence-corrected chi connectivity index (χ0v) is 11.5. The molecule has 0 heterocycles. The van der Waals surface area contributed by atoms with Gasteiger partial charge in [-0.25, -0.2) is 0 Å². The third-order valence-corrected chi connectivity index (χ3v) is 2.86. The molecule has 2 aromatic rings. The molecule has 0 unspecified atom stereocenters. The molecule has 104 valence electrons. The van der Waals surface area contributed by atoms with Crippen LogP contribution in [0.1, 0.15) is 0 Å². The summed E-state index contributed by atoms with van der Waals surface area (Å²) in [7, 11) is 3.20. The first-order valence-corrected chi connectivity index (χ1v) is 6.08. The van der Waals surface area contributed by atoms with E-state index in [1.54, 1.807) is 19.1 Å². The highest BCUT2D eigenvalue weighted by molar-refractivity contribution is 6.00. The van der Waals surface area contributed by atoms with Crippen LogP contribution in [0.2, 0.25) is 0 Å². The Balaban J connectivity index is 2.47. The Bertz CT molecular complexity index is 566. The molecule has 0 atom stereocenters. The molecule has 0 aromatic heterocycles. The fourth-order valence-corrected chi connectivity index (χ4v) is 1.93. The highest BCUT2D eigenvalue weighted by Crippen LogP contribution is 2.30. The van der Waals surface area contributed by atoms with Crippen molar-refractivity contribution in [2.45, 2.75) is 0 Å². The maximum Gasteiger partial charge on any atom is 0.197 e. The van der Waals surface area contributed by atoms with E-state index in [1.807, 2.05) is 48.5 Å². The predicted octanol–water partition coefficient (Wildman–Crippen LogP) is 2.74. The van der Waals surface area contributed by atoms with Crippen LogP contribution >= 0.6 is 0 Å². The molecule has 0 aliphatic carbocycles. The van der Waals surface area contributed by atoms with E-state index < -0.39 is 0 Å². The summed E-state index contributed by atoms with van der Waals surface area (Å²) >= 11 is 0. The number of nitrogens with zero attached hydrogens (tertiary/aromatic N) is 1. The second-order valence-corrected chi connectivity index (χ2v) is 4.12. The smallest absolute Gasteiger partial charge is 0.197 e. The molecule has 0 aliphatic heterocycles. The third-order valence-electron chi connectivity index (χ3n) is 2.86. The summed E-state index contributed by atoms with van der Waals surface area (Å²) in [6.45, 7) is 0. The van der Waals surface area contributed by atoms with Crippen molar-refractivity contribution in [2.24, 2.45) is 5.73 Å². The number of ether oxygens (including phenoxy) is 2. The summed E-state index contributed by atoms with van der Waals surface area (Å²) in [6, 6.07) is 14.8. The lowest BCUT2D eigenvalue weighted by molar-refractivity contribution is 0.414. The first-order chi connectivity index (χ1) is 9.65. The lowest BCUT2D eigenvalue weighted by atomic mass is 10.2. The molecule has 5 heteroatoms. The minimum absolute atomic E-state index is 0.0773. The molecule has 3 N–H and O–H groups in total. The molecule has 20 heavy (non-hydrogen) atoms. The Morgan fingerprint density at radius 1 is 0.950 bits per heavy atom. The fraction of sp³-hybridized carbons (Fsp3) is 0.133. The van der Waals surface area contributed by atoms with Crippen LogP contribution in [0, 0.1) is 5.41 Å². The number of hydrogen-bond donors (Lipinski definition) is 2. The molecule has 0 saturated heterocycles. The average molecular weight is 271 g/mol. The van der Waals surface area contributed by atoms with Gasteiger partial charge in [-0.2, -0.15) is 0 Å². The van der Waals surface area contributed by atoms with E-state index in [2.05, 4.69) is 0 Å². The van der Waals surface area contributed by atoms with Gasteiger partial charge in [0.2, 0.25) is 0 Å². The number of guanidine groups is 1. The fourth-order valence-electron chi connectivity index (χ4n) is 1.93. The van der Waals surface area contributed by atoms with Gasteiger partial charge in [0, 0.05) is 12.1 Å². The number of nitrogens with one attached hydrogen (secondary N) is 1. The lowest BCUT2D eigenvalue weighted by Gasteiger charge is -2.23. The number of nitrogens with two attached hydrogens (primary N) is 1. The molecule has 0 fully saturated rings. The van der Waals surface area contributed by atoms with Crippen LogP contribution in [0.5, 0.6) is 11.5 Å². The van der Waals surface area contributed by atoms with Crippen molar-refractivity contribution < 1.29 is 9.47 Å². The topological polar surface area (TPSA) is 71.6 Å². The summed E-state index contributed by atoms with van der Waals surface area (Å²) in [6.07, 6.45) is 0. The van der Waals surface area contributed by atoms with E-state index in [0.29, 0.717) is 11.5 Å². The Hall–Kier alpha value is -2.69. The molecular formula is C15H17N3O2. The third kappa shape index (κ3) is 2.83. The molecule has 0 spiro atoms. The highest BCUT2D eigenvalue weighted by atomic mass is 16.5. The van der Waals surface area contributed by atoms with E-state index in [0.717, 1.165) is 11.4 Å². The van der Waals surface area contributed by atoms with Gasteiger partial charge >= 0.3 is 0 Å². The van der Waals surface area contributed by atoms with Gasteiger partial charge in [-0.3, -0.25) is 10.3 Å². The normalized spacial score (nSPS) is 9.90. The average Bonchev–Trinajstić information content (AvgIpc) is 2.47. The quantitative estimate of drug-likeness (QED) is 0.662.